The zero-order chi connectivity index (χ0) is 16.6. The number of nitrogens with zero attached hydrogens (tertiary/aromatic N) is 2. The van der Waals surface area contributed by atoms with Gasteiger partial charge in [0, 0.05) is 24.8 Å². The smallest absolute Gasteiger partial charge is 0.404 e. The molecule has 0 aromatic heterocycles. The number of rotatable bonds is 3. The van der Waals surface area contributed by atoms with Crippen molar-refractivity contribution in [3.05, 3.63) is 28.3 Å². The first-order valence-electron chi connectivity index (χ1n) is 7.63. The molecule has 4 N–H and O–H groups in total. The van der Waals surface area contributed by atoms with Gasteiger partial charge >= 0.3 is 6.09 Å². The molecule has 1 aromatic rings. The molecule has 0 radical (unpaired) electrons. The fraction of sp³-hybridized carbons (Fsp3) is 0.533. The van der Waals surface area contributed by atoms with Crippen LogP contribution in [-0.4, -0.2) is 30.2 Å². The van der Waals surface area contributed by atoms with Crippen molar-refractivity contribution in [2.45, 2.75) is 31.8 Å². The molecule has 1 aliphatic carbocycles. The van der Waals surface area contributed by atoms with Crippen molar-refractivity contribution in [2.75, 3.05) is 23.7 Å². The molecule has 8 heteroatoms. The average molecular weight is 320 g/mol. The number of piperidine rings is 1. The second-order valence-electron chi connectivity index (χ2n) is 6.46. The summed E-state index contributed by atoms with van der Waals surface area (Å²) in [6.45, 7) is 1.49. The van der Waals surface area contributed by atoms with Gasteiger partial charge in [0.15, 0.2) is 0 Å². The van der Waals surface area contributed by atoms with Crippen LogP contribution in [0.25, 0.3) is 0 Å². The Hall–Kier alpha value is -2.51. The van der Waals surface area contributed by atoms with Gasteiger partial charge in [0.1, 0.15) is 11.8 Å². The first-order valence-corrected chi connectivity index (χ1v) is 7.63. The number of amides is 1. The van der Waals surface area contributed by atoms with Crippen LogP contribution in [0.3, 0.4) is 0 Å². The van der Waals surface area contributed by atoms with Crippen LogP contribution >= 0.6 is 0 Å². The van der Waals surface area contributed by atoms with Crippen LogP contribution in [0.5, 0.6) is 0 Å². The Morgan fingerprint density at radius 1 is 1.35 bits per heavy atom. The van der Waals surface area contributed by atoms with Crippen LogP contribution in [-0.2, 0) is 4.74 Å². The summed E-state index contributed by atoms with van der Waals surface area (Å²) in [5, 5.41) is 11.2. The van der Waals surface area contributed by atoms with Gasteiger partial charge in [0.2, 0.25) is 0 Å². The van der Waals surface area contributed by atoms with E-state index in [1.165, 1.54) is 6.07 Å². The van der Waals surface area contributed by atoms with Crippen LogP contribution in [0, 0.1) is 15.5 Å². The Balaban J connectivity index is 1.64. The molecular formula is C15H20N4O4. The second-order valence-corrected chi connectivity index (χ2v) is 6.46. The molecule has 1 saturated heterocycles. The first-order chi connectivity index (χ1) is 10.9. The zero-order valence-electron chi connectivity index (χ0n) is 12.7. The number of nitrogen functional groups attached to an aromatic ring is 1. The van der Waals surface area contributed by atoms with E-state index < -0.39 is 11.0 Å². The molecule has 1 amide bonds. The number of carbonyl (C=O) groups excluding carboxylic acids is 1. The molecule has 0 bridgehead atoms. The van der Waals surface area contributed by atoms with Gasteiger partial charge in [-0.1, -0.05) is 0 Å². The summed E-state index contributed by atoms with van der Waals surface area (Å²) in [5.74, 6) is 0. The van der Waals surface area contributed by atoms with Crippen molar-refractivity contribution in [2.24, 2.45) is 11.1 Å². The van der Waals surface area contributed by atoms with E-state index >= 15 is 0 Å². The molecule has 23 heavy (non-hydrogen) atoms. The summed E-state index contributed by atoms with van der Waals surface area (Å²) in [6.07, 6.45) is 2.70. The van der Waals surface area contributed by atoms with Gasteiger partial charge in [0.05, 0.1) is 4.92 Å². The van der Waals surface area contributed by atoms with Crippen molar-refractivity contribution in [1.82, 2.24) is 0 Å². The molecule has 1 spiro atoms. The number of nitro groups is 1. The number of benzene rings is 1. The lowest BCUT2D eigenvalue weighted by atomic mass is 9.61. The minimum atomic E-state index is -0.722. The standard InChI is InChI=1S/C15H20N4O4/c16-10-1-2-12(13(7-10)19(21)22)18-5-3-15(4-6-18)8-11(9-15)23-14(17)20/h1-2,7,11H,3-6,8-9,16H2,(H2,17,20). The lowest BCUT2D eigenvalue weighted by molar-refractivity contribution is -0.384. The van der Waals surface area contributed by atoms with Gasteiger partial charge < -0.3 is 21.1 Å². The number of anilines is 2. The Bertz CT molecular complexity index is 632. The summed E-state index contributed by atoms with van der Waals surface area (Å²) in [7, 11) is 0. The topological polar surface area (TPSA) is 125 Å². The monoisotopic (exact) mass is 320 g/mol. The lowest BCUT2D eigenvalue weighted by Gasteiger charge is -2.51. The van der Waals surface area contributed by atoms with E-state index in [4.69, 9.17) is 16.2 Å². The van der Waals surface area contributed by atoms with Crippen LogP contribution in [0.15, 0.2) is 18.2 Å². The summed E-state index contributed by atoms with van der Waals surface area (Å²) >= 11 is 0. The van der Waals surface area contributed by atoms with Crippen molar-refractivity contribution in [3.63, 3.8) is 0 Å². The Morgan fingerprint density at radius 2 is 2.00 bits per heavy atom. The predicted octanol–water partition coefficient (Wildman–Crippen LogP) is 2.02. The molecule has 124 valence electrons. The summed E-state index contributed by atoms with van der Waals surface area (Å²) in [4.78, 5) is 23.6. The number of nitrogens with two attached hydrogens (primary N) is 2. The molecule has 0 atom stereocenters. The molecule has 2 aliphatic rings. The van der Waals surface area contributed by atoms with Gasteiger partial charge in [-0.2, -0.15) is 0 Å². The minimum Gasteiger partial charge on any atom is -0.446 e. The number of ether oxygens (including phenoxy) is 1. The summed E-state index contributed by atoms with van der Waals surface area (Å²) in [5.41, 5.74) is 11.9. The van der Waals surface area contributed by atoms with Gasteiger partial charge in [-0.05, 0) is 43.2 Å². The molecule has 0 unspecified atom stereocenters. The maximum absolute atomic E-state index is 11.2. The van der Waals surface area contributed by atoms with Gasteiger partial charge in [-0.25, -0.2) is 4.79 Å². The third kappa shape index (κ3) is 3.01. The van der Waals surface area contributed by atoms with E-state index in [0.29, 0.717) is 11.4 Å². The maximum Gasteiger partial charge on any atom is 0.404 e. The molecule has 1 heterocycles. The molecule has 2 fully saturated rings. The molecule has 1 saturated carbocycles. The molecule has 1 aromatic carbocycles. The van der Waals surface area contributed by atoms with E-state index in [9.17, 15) is 14.9 Å². The summed E-state index contributed by atoms with van der Waals surface area (Å²) in [6, 6.07) is 4.80. The van der Waals surface area contributed by atoms with E-state index in [2.05, 4.69) is 0 Å². The second kappa shape index (κ2) is 5.60. The van der Waals surface area contributed by atoms with E-state index in [0.717, 1.165) is 38.8 Å². The summed E-state index contributed by atoms with van der Waals surface area (Å²) < 4.78 is 5.01. The van der Waals surface area contributed by atoms with Crippen LogP contribution in [0.2, 0.25) is 0 Å². The van der Waals surface area contributed by atoms with Gasteiger partial charge in [0.25, 0.3) is 5.69 Å². The van der Waals surface area contributed by atoms with Crippen LogP contribution in [0.4, 0.5) is 21.9 Å². The molecule has 8 nitrogen and oxygen atoms in total. The SMILES string of the molecule is NC(=O)OC1CC2(CCN(c3ccc(N)cc3[N+](=O)[O-])CC2)C1. The van der Waals surface area contributed by atoms with Gasteiger partial charge in [-0.3, -0.25) is 10.1 Å². The lowest BCUT2D eigenvalue weighted by Crippen LogP contribution is -2.50. The highest BCUT2D eigenvalue weighted by molar-refractivity contribution is 5.68. The molecular weight excluding hydrogens is 300 g/mol. The highest BCUT2D eigenvalue weighted by Gasteiger charge is 2.47. The van der Waals surface area contributed by atoms with E-state index in [1.54, 1.807) is 12.1 Å². The third-order valence-electron chi connectivity index (χ3n) is 4.97. The fourth-order valence-electron chi connectivity index (χ4n) is 3.74. The van der Waals surface area contributed by atoms with E-state index in [1.807, 2.05) is 4.90 Å². The minimum absolute atomic E-state index is 0.0458. The molecule has 3 rings (SSSR count). The number of nitro benzene ring substituents is 1. The van der Waals surface area contributed by atoms with Crippen molar-refractivity contribution >= 4 is 23.2 Å². The number of hydrogen-bond donors (Lipinski definition) is 2. The highest BCUT2D eigenvalue weighted by atomic mass is 16.6. The molecule has 1 aliphatic heterocycles. The van der Waals surface area contributed by atoms with Crippen molar-refractivity contribution < 1.29 is 14.5 Å². The van der Waals surface area contributed by atoms with Crippen LogP contribution < -0.4 is 16.4 Å². The Kier molecular flexibility index (Phi) is 3.75. The number of hydrogen-bond acceptors (Lipinski definition) is 6. The maximum atomic E-state index is 11.2. The van der Waals surface area contributed by atoms with E-state index in [-0.39, 0.29) is 17.2 Å². The number of primary amides is 1. The predicted molar refractivity (Wildman–Crippen MR) is 85.1 cm³/mol. The first kappa shape index (κ1) is 15.4. The Labute approximate surface area is 133 Å². The van der Waals surface area contributed by atoms with Gasteiger partial charge in [-0.15, -0.1) is 0 Å². The fourth-order valence-corrected chi connectivity index (χ4v) is 3.74. The number of carbonyl (C=O) groups is 1. The quantitative estimate of drug-likeness (QED) is 0.498. The van der Waals surface area contributed by atoms with Crippen LogP contribution in [0.1, 0.15) is 25.7 Å². The van der Waals surface area contributed by atoms with Crippen molar-refractivity contribution in [3.8, 4) is 0 Å². The highest BCUT2D eigenvalue weighted by Crippen LogP contribution is 2.51. The van der Waals surface area contributed by atoms with Crippen molar-refractivity contribution in [1.29, 1.82) is 0 Å². The average Bonchev–Trinajstić information content (AvgIpc) is 2.46. The third-order valence-corrected chi connectivity index (χ3v) is 4.97. The normalized spacial score (nSPS) is 20.1. The zero-order valence-corrected chi connectivity index (χ0v) is 12.7. The largest absolute Gasteiger partial charge is 0.446 e. The Morgan fingerprint density at radius 3 is 2.57 bits per heavy atom.